The monoisotopic (exact) mass is 1150 g/mol. The van der Waals surface area contributed by atoms with Crippen molar-refractivity contribution >= 4 is 47.3 Å². The normalized spacial score (nSPS) is 13.1. The van der Waals surface area contributed by atoms with Gasteiger partial charge in [-0.1, -0.05) is 109 Å². The molecule has 5 amide bonds. The number of carboxylic acid groups (broad SMARTS) is 2. The van der Waals surface area contributed by atoms with Crippen LogP contribution in [0.5, 0.6) is 0 Å². The van der Waals surface area contributed by atoms with Crippen LogP contribution in [0.25, 0.3) is 0 Å². The number of unbranched alkanes of at least 4 members (excludes halogenated alkanes) is 16. The SMILES string of the molecule is C=C(CCc1cnc[nH]1)CN[C@@H](CCCCNC(=O)COCCOCCCC(=O)COCCOCCC)C(N)=O.CNC(=O)C[C@@H](NC(=O)C1CCN(C(=O)CCCCCCCCCCCCCCCCCCC(=O)O)CC1)C(=O)O. The Hall–Kier alpha value is -5.29. The Balaban J connectivity index is 0.000000810. The molecule has 0 saturated carbocycles. The first-order chi connectivity index (χ1) is 39.2. The van der Waals surface area contributed by atoms with E-state index in [1.807, 2.05) is 11.8 Å². The third-order valence-corrected chi connectivity index (χ3v) is 13.9. The van der Waals surface area contributed by atoms with Gasteiger partial charge in [0.2, 0.25) is 29.5 Å². The number of aliphatic carboxylic acids is 2. The van der Waals surface area contributed by atoms with E-state index in [0.717, 1.165) is 81.9 Å². The van der Waals surface area contributed by atoms with Crippen LogP contribution in [0.2, 0.25) is 0 Å². The van der Waals surface area contributed by atoms with Gasteiger partial charge in [-0.3, -0.25) is 33.6 Å². The molecule has 0 aliphatic carbocycles. The van der Waals surface area contributed by atoms with E-state index >= 15 is 0 Å². The van der Waals surface area contributed by atoms with Crippen molar-refractivity contribution in [1.82, 2.24) is 36.1 Å². The fourth-order valence-electron chi connectivity index (χ4n) is 8.92. The number of nitrogens with two attached hydrogens (primary N) is 1. The minimum Gasteiger partial charge on any atom is -0.481 e. The number of rotatable bonds is 52. The van der Waals surface area contributed by atoms with Gasteiger partial charge in [-0.15, -0.1) is 0 Å². The topological polar surface area (TPSA) is 320 Å². The lowest BCUT2D eigenvalue weighted by atomic mass is 9.95. The minimum atomic E-state index is -1.25. The summed E-state index contributed by atoms with van der Waals surface area (Å²) >= 11 is 0. The maximum Gasteiger partial charge on any atom is 0.326 e. The second-order valence-electron chi connectivity index (χ2n) is 21.0. The number of amides is 5. The second kappa shape index (κ2) is 50.4. The van der Waals surface area contributed by atoms with Gasteiger partial charge >= 0.3 is 11.9 Å². The summed E-state index contributed by atoms with van der Waals surface area (Å²) in [6.45, 7) is 10.9. The Labute approximate surface area is 482 Å². The van der Waals surface area contributed by atoms with Crippen LogP contribution in [0.4, 0.5) is 0 Å². The third-order valence-electron chi connectivity index (χ3n) is 13.9. The van der Waals surface area contributed by atoms with Crippen LogP contribution in [0.3, 0.4) is 0 Å². The molecular weight excluding hydrogens is 1040 g/mol. The summed E-state index contributed by atoms with van der Waals surface area (Å²) in [6, 6.07) is -1.69. The zero-order valence-corrected chi connectivity index (χ0v) is 49.4. The van der Waals surface area contributed by atoms with Crippen LogP contribution < -0.4 is 27.0 Å². The smallest absolute Gasteiger partial charge is 0.326 e. The molecule has 1 aromatic rings. The zero-order valence-electron chi connectivity index (χ0n) is 49.4. The Bertz CT molecular complexity index is 1860. The molecule has 464 valence electrons. The number of aryl methyl sites for hydroxylation is 1. The van der Waals surface area contributed by atoms with Crippen LogP contribution >= 0.6 is 0 Å². The van der Waals surface area contributed by atoms with Gasteiger partial charge in [-0.2, -0.15) is 0 Å². The van der Waals surface area contributed by atoms with Crippen molar-refractivity contribution in [2.24, 2.45) is 11.7 Å². The summed E-state index contributed by atoms with van der Waals surface area (Å²) in [4.78, 5) is 103. The summed E-state index contributed by atoms with van der Waals surface area (Å²) in [5.41, 5.74) is 7.55. The minimum absolute atomic E-state index is 0.0385. The first-order valence-corrected chi connectivity index (χ1v) is 30.2. The highest BCUT2D eigenvalue weighted by Crippen LogP contribution is 2.20. The molecule has 1 fully saturated rings. The number of hydrogen-bond donors (Lipinski definition) is 8. The van der Waals surface area contributed by atoms with E-state index in [1.54, 1.807) is 12.5 Å². The Morgan fingerprint density at radius 3 is 1.80 bits per heavy atom. The molecule has 1 aliphatic heterocycles. The summed E-state index contributed by atoms with van der Waals surface area (Å²) in [5.74, 6) is -3.53. The fourth-order valence-corrected chi connectivity index (χ4v) is 8.92. The molecule has 81 heavy (non-hydrogen) atoms. The number of H-pyrrole nitrogens is 1. The number of ether oxygens (including phenoxy) is 4. The van der Waals surface area contributed by atoms with Crippen molar-refractivity contribution in [2.45, 2.75) is 205 Å². The second-order valence-corrected chi connectivity index (χ2v) is 21.0. The lowest BCUT2D eigenvalue weighted by Crippen LogP contribution is -2.48. The van der Waals surface area contributed by atoms with Crippen molar-refractivity contribution in [3.05, 3.63) is 30.4 Å². The molecule has 9 N–H and O–H groups in total. The average Bonchev–Trinajstić information content (AvgIpc) is 3.98. The molecule has 0 unspecified atom stereocenters. The van der Waals surface area contributed by atoms with Gasteiger partial charge in [0.05, 0.1) is 45.2 Å². The van der Waals surface area contributed by atoms with E-state index in [1.165, 1.54) is 71.3 Å². The molecule has 1 aromatic heterocycles. The van der Waals surface area contributed by atoms with Gasteiger partial charge in [-0.25, -0.2) is 9.78 Å². The number of ketones is 1. The van der Waals surface area contributed by atoms with Crippen LogP contribution in [-0.2, 0) is 63.7 Å². The Kier molecular flexibility index (Phi) is 45.9. The molecule has 0 aromatic carbocycles. The summed E-state index contributed by atoms with van der Waals surface area (Å²) in [6.07, 6.45) is 29.4. The summed E-state index contributed by atoms with van der Waals surface area (Å²) < 4.78 is 21.3. The number of imidazole rings is 1. The number of carbonyl (C=O) groups excluding carboxylic acids is 6. The van der Waals surface area contributed by atoms with Crippen molar-refractivity contribution in [3.63, 3.8) is 0 Å². The molecular formula is C59H104N8O14. The van der Waals surface area contributed by atoms with Crippen LogP contribution in [0.15, 0.2) is 24.7 Å². The summed E-state index contributed by atoms with van der Waals surface area (Å²) in [5, 5.41) is 28.7. The maximum atomic E-state index is 12.6. The van der Waals surface area contributed by atoms with Crippen molar-refractivity contribution in [1.29, 1.82) is 0 Å². The van der Waals surface area contributed by atoms with Gasteiger partial charge in [0.1, 0.15) is 19.3 Å². The number of Topliss-reactive ketones (excluding diaryl/α,β-unsaturated/α-hetero) is 1. The van der Waals surface area contributed by atoms with E-state index in [-0.39, 0.29) is 49.1 Å². The van der Waals surface area contributed by atoms with Crippen molar-refractivity contribution in [3.8, 4) is 0 Å². The van der Waals surface area contributed by atoms with Crippen LogP contribution in [0, 0.1) is 5.92 Å². The lowest BCUT2D eigenvalue weighted by Gasteiger charge is -2.32. The Morgan fingerprint density at radius 1 is 0.691 bits per heavy atom. The van der Waals surface area contributed by atoms with Crippen LogP contribution in [-0.4, -0.2) is 171 Å². The highest BCUT2D eigenvalue weighted by molar-refractivity contribution is 5.89. The van der Waals surface area contributed by atoms with Gasteiger partial charge in [0.25, 0.3) is 0 Å². The maximum absolute atomic E-state index is 12.6. The van der Waals surface area contributed by atoms with Gasteiger partial charge in [0.15, 0.2) is 5.78 Å². The number of primary amides is 1. The van der Waals surface area contributed by atoms with Crippen molar-refractivity contribution < 1.29 is 67.5 Å². The molecule has 0 spiro atoms. The molecule has 1 aliphatic rings. The number of nitrogens with zero attached hydrogens (tertiary/aromatic N) is 2. The molecule has 0 radical (unpaired) electrons. The Morgan fingerprint density at radius 2 is 1.26 bits per heavy atom. The van der Waals surface area contributed by atoms with Crippen LogP contribution in [0.1, 0.15) is 192 Å². The summed E-state index contributed by atoms with van der Waals surface area (Å²) in [7, 11) is 1.42. The highest BCUT2D eigenvalue weighted by Gasteiger charge is 2.31. The average molecular weight is 1150 g/mol. The molecule has 2 heterocycles. The van der Waals surface area contributed by atoms with E-state index in [2.05, 4.69) is 37.8 Å². The van der Waals surface area contributed by atoms with Gasteiger partial charge in [-0.05, 0) is 70.6 Å². The number of piperidine rings is 1. The number of likely N-dealkylation sites (tertiary alicyclic amines) is 1. The molecule has 22 heteroatoms. The predicted octanol–water partition coefficient (Wildman–Crippen LogP) is 6.49. The molecule has 0 bridgehead atoms. The van der Waals surface area contributed by atoms with Gasteiger partial charge < -0.3 is 66.0 Å². The predicted molar refractivity (Wildman–Crippen MR) is 310 cm³/mol. The number of nitrogens with one attached hydrogen (secondary N) is 5. The molecule has 2 atom stereocenters. The largest absolute Gasteiger partial charge is 0.481 e. The highest BCUT2D eigenvalue weighted by atomic mass is 16.5. The number of carbonyl (C=O) groups is 8. The quantitative estimate of drug-likeness (QED) is 0.0255. The van der Waals surface area contributed by atoms with Gasteiger partial charge in [0, 0.05) is 83.5 Å². The first kappa shape index (κ1) is 73.7. The van der Waals surface area contributed by atoms with E-state index in [0.29, 0.717) is 111 Å². The standard InChI is InChI=1S/C31H55N3O7.C28H49N5O7/c1-32-27(35)24-26(31(40)41)33-30(39)25-20-22-34(23-21-25)28(36)18-16-14-12-10-8-6-4-2-3-5-7-9-11-13-15-17-19-29(37)38;1-3-12-37-14-16-39-20-25(34)7-6-13-38-15-17-40-21-27(35)31-11-5-4-8-26(28(29)36)32-18-23(2)9-10-24-19-30-22-33-24/h25-26H,2-24H2,1H3,(H,32,35)(H,33,39)(H,37,38)(H,40,41);19,22,26,32H,2-18,20-21H2,1H3,(H2,29,36)(H,30,33)(H,31,35)/t2*26-/m10/s1. The molecule has 22 nitrogen and oxygen atoms in total. The van der Waals surface area contributed by atoms with Crippen molar-refractivity contribution in [2.75, 3.05) is 86.1 Å². The number of carboxylic acids is 2. The number of aromatic amines is 1. The molecule has 2 rings (SSSR count). The zero-order chi connectivity index (χ0) is 59.6. The number of aromatic nitrogens is 2. The fraction of sp³-hybridized carbons (Fsp3) is 0.780. The molecule has 1 saturated heterocycles. The van der Waals surface area contributed by atoms with E-state index < -0.39 is 35.8 Å². The van der Waals surface area contributed by atoms with E-state index in [4.69, 9.17) is 29.8 Å². The first-order valence-electron chi connectivity index (χ1n) is 30.2. The van der Waals surface area contributed by atoms with E-state index in [9.17, 15) is 43.5 Å². The third kappa shape index (κ3) is 43.1. The lowest BCUT2D eigenvalue weighted by molar-refractivity contribution is -0.144. The number of hydrogen-bond acceptors (Lipinski definition) is 14.